The van der Waals surface area contributed by atoms with Crippen molar-refractivity contribution in [2.75, 3.05) is 33.4 Å². The van der Waals surface area contributed by atoms with E-state index in [1.54, 1.807) is 0 Å². The third-order valence-corrected chi connectivity index (χ3v) is 7.61. The maximum atomic E-state index is 13.9. The highest BCUT2D eigenvalue weighted by Crippen LogP contribution is 2.39. The van der Waals surface area contributed by atoms with Gasteiger partial charge in [-0.1, -0.05) is 67.6 Å². The van der Waals surface area contributed by atoms with Crippen molar-refractivity contribution < 1.29 is 9.59 Å². The lowest BCUT2D eigenvalue weighted by Crippen LogP contribution is -2.64. The molecule has 0 saturated carbocycles. The Bertz CT molecular complexity index is 1040. The molecule has 178 valence electrons. The Balaban J connectivity index is 1.62. The molecule has 6 nitrogen and oxygen atoms in total. The molecule has 0 spiro atoms. The molecule has 0 radical (unpaired) electrons. The highest BCUT2D eigenvalue weighted by molar-refractivity contribution is 6.07. The standard InChI is InChI=1S/C28H34N4O2/c1-20-18-31-25(21(2)27(20)33)28(34)30(24-14-16-29(3)17-15-24)19-32(31)26(22-10-6-4-7-11-22)23-12-8-5-9-13-23/h4-13,20,24,26H,14-19H2,1-3H3. The average Bonchev–Trinajstić information content (AvgIpc) is 2.86. The first-order valence-corrected chi connectivity index (χ1v) is 12.3. The van der Waals surface area contributed by atoms with E-state index in [2.05, 4.69) is 70.5 Å². The monoisotopic (exact) mass is 458 g/mol. The molecule has 2 fully saturated rings. The fourth-order valence-corrected chi connectivity index (χ4v) is 5.67. The number of ketones is 1. The van der Waals surface area contributed by atoms with Gasteiger partial charge in [0.2, 0.25) is 0 Å². The van der Waals surface area contributed by atoms with Crippen molar-refractivity contribution in [1.29, 1.82) is 0 Å². The molecule has 3 aliphatic heterocycles. The SMILES string of the molecule is CC1=C2C(=O)N(C3CCN(C)CC3)CN(C(c3ccccc3)c3ccccc3)N2CC(C)C1=O. The van der Waals surface area contributed by atoms with Gasteiger partial charge >= 0.3 is 0 Å². The van der Waals surface area contributed by atoms with Gasteiger partial charge in [-0.2, -0.15) is 5.01 Å². The molecule has 2 aromatic carbocycles. The molecule has 2 aromatic rings. The number of carbonyl (C=O) groups is 2. The number of hydrazine groups is 1. The predicted octanol–water partition coefficient (Wildman–Crippen LogP) is 3.68. The Morgan fingerprint density at radius 1 is 0.882 bits per heavy atom. The van der Waals surface area contributed by atoms with Crippen LogP contribution in [0, 0.1) is 5.92 Å². The van der Waals surface area contributed by atoms with Crippen LogP contribution in [0.25, 0.3) is 0 Å². The molecule has 6 heteroatoms. The number of carbonyl (C=O) groups excluding carboxylic acids is 2. The lowest BCUT2D eigenvalue weighted by Gasteiger charge is -2.53. The van der Waals surface area contributed by atoms with Crippen molar-refractivity contribution in [3.8, 4) is 0 Å². The summed E-state index contributed by atoms with van der Waals surface area (Å²) in [4.78, 5) is 31.2. The van der Waals surface area contributed by atoms with Crippen LogP contribution in [0.3, 0.4) is 0 Å². The van der Waals surface area contributed by atoms with Crippen LogP contribution in [0.2, 0.25) is 0 Å². The van der Waals surface area contributed by atoms with Crippen LogP contribution in [-0.4, -0.2) is 70.9 Å². The number of allylic oxidation sites excluding steroid dienone is 1. The molecule has 0 aromatic heterocycles. The third-order valence-electron chi connectivity index (χ3n) is 7.61. The molecule has 2 saturated heterocycles. The van der Waals surface area contributed by atoms with Crippen LogP contribution < -0.4 is 0 Å². The van der Waals surface area contributed by atoms with E-state index in [1.165, 1.54) is 11.1 Å². The Morgan fingerprint density at radius 3 is 2.00 bits per heavy atom. The summed E-state index contributed by atoms with van der Waals surface area (Å²) in [5.41, 5.74) is 3.50. The van der Waals surface area contributed by atoms with Gasteiger partial charge < -0.3 is 9.80 Å². The number of hydrogen-bond donors (Lipinski definition) is 0. The summed E-state index contributed by atoms with van der Waals surface area (Å²) < 4.78 is 0. The van der Waals surface area contributed by atoms with Gasteiger partial charge in [0, 0.05) is 24.1 Å². The number of nitrogens with zero attached hydrogens (tertiary/aromatic N) is 4. The molecule has 0 aliphatic carbocycles. The Hall–Kier alpha value is -2.96. The van der Waals surface area contributed by atoms with Gasteiger partial charge in [-0.15, -0.1) is 0 Å². The van der Waals surface area contributed by atoms with Crippen LogP contribution >= 0.6 is 0 Å². The van der Waals surface area contributed by atoms with Crippen LogP contribution in [0.4, 0.5) is 0 Å². The van der Waals surface area contributed by atoms with Gasteiger partial charge in [-0.3, -0.25) is 14.6 Å². The Morgan fingerprint density at radius 2 is 1.44 bits per heavy atom. The van der Waals surface area contributed by atoms with E-state index < -0.39 is 0 Å². The van der Waals surface area contributed by atoms with Crippen LogP contribution in [-0.2, 0) is 9.59 Å². The lowest BCUT2D eigenvalue weighted by molar-refractivity contribution is -0.165. The molecule has 34 heavy (non-hydrogen) atoms. The summed E-state index contributed by atoms with van der Waals surface area (Å²) >= 11 is 0. The molecular weight excluding hydrogens is 424 g/mol. The first-order chi connectivity index (χ1) is 16.5. The van der Waals surface area contributed by atoms with Crippen molar-refractivity contribution in [1.82, 2.24) is 19.8 Å². The van der Waals surface area contributed by atoms with Crippen molar-refractivity contribution in [2.45, 2.75) is 38.8 Å². The van der Waals surface area contributed by atoms with Crippen molar-refractivity contribution in [3.63, 3.8) is 0 Å². The second-order valence-corrected chi connectivity index (χ2v) is 9.94. The minimum absolute atomic E-state index is 0.00317. The number of benzene rings is 2. The van der Waals surface area contributed by atoms with Crippen LogP contribution in [0.15, 0.2) is 71.9 Å². The van der Waals surface area contributed by atoms with Crippen molar-refractivity contribution in [2.24, 2.45) is 5.92 Å². The molecule has 0 N–H and O–H groups in total. The summed E-state index contributed by atoms with van der Waals surface area (Å²) in [6.45, 7) is 6.79. The zero-order chi connectivity index (χ0) is 23.8. The smallest absolute Gasteiger partial charge is 0.273 e. The molecule has 3 aliphatic rings. The van der Waals surface area contributed by atoms with E-state index in [-0.39, 0.29) is 29.7 Å². The van der Waals surface area contributed by atoms with Crippen LogP contribution in [0.5, 0.6) is 0 Å². The predicted molar refractivity (Wildman–Crippen MR) is 132 cm³/mol. The zero-order valence-electron chi connectivity index (χ0n) is 20.4. The summed E-state index contributed by atoms with van der Waals surface area (Å²) in [7, 11) is 2.14. The normalized spacial score (nSPS) is 23.1. The van der Waals surface area contributed by atoms with E-state index in [4.69, 9.17) is 0 Å². The number of hydrogen-bond acceptors (Lipinski definition) is 5. The molecular formula is C28H34N4O2. The molecule has 3 heterocycles. The molecule has 1 unspecified atom stereocenters. The number of fused-ring (bicyclic) bond motifs is 1. The van der Waals surface area contributed by atoms with Crippen molar-refractivity contribution >= 4 is 11.7 Å². The molecule has 0 bridgehead atoms. The largest absolute Gasteiger partial charge is 0.320 e. The number of piperidine rings is 1. The number of likely N-dealkylation sites (tertiary alicyclic amines) is 1. The van der Waals surface area contributed by atoms with Gasteiger partial charge in [-0.05, 0) is 51.0 Å². The maximum absolute atomic E-state index is 13.9. The average molecular weight is 459 g/mol. The molecule has 1 atom stereocenters. The fraction of sp³-hybridized carbons (Fsp3) is 0.429. The highest BCUT2D eigenvalue weighted by Gasteiger charge is 2.46. The molecule has 5 rings (SSSR count). The van der Waals surface area contributed by atoms with E-state index in [0.717, 1.165) is 25.9 Å². The second-order valence-electron chi connectivity index (χ2n) is 9.94. The van der Waals surface area contributed by atoms with E-state index in [1.807, 2.05) is 30.9 Å². The highest BCUT2D eigenvalue weighted by atomic mass is 16.2. The Kier molecular flexibility index (Phi) is 6.28. The van der Waals surface area contributed by atoms with Gasteiger partial charge in [0.05, 0.1) is 12.7 Å². The number of amides is 1. The number of rotatable bonds is 4. The minimum Gasteiger partial charge on any atom is -0.320 e. The van der Waals surface area contributed by atoms with Crippen molar-refractivity contribution in [3.05, 3.63) is 83.1 Å². The van der Waals surface area contributed by atoms with Gasteiger partial charge in [0.1, 0.15) is 5.70 Å². The third kappa shape index (κ3) is 4.05. The van der Waals surface area contributed by atoms with Crippen LogP contribution in [0.1, 0.15) is 43.9 Å². The minimum atomic E-state index is -0.152. The van der Waals surface area contributed by atoms with E-state index in [9.17, 15) is 9.59 Å². The van der Waals surface area contributed by atoms with Gasteiger partial charge in [0.25, 0.3) is 5.91 Å². The first-order valence-electron chi connectivity index (χ1n) is 12.3. The topological polar surface area (TPSA) is 47.1 Å². The van der Waals surface area contributed by atoms with E-state index >= 15 is 0 Å². The summed E-state index contributed by atoms with van der Waals surface area (Å²) in [5, 5.41) is 4.44. The maximum Gasteiger partial charge on any atom is 0.273 e. The fourth-order valence-electron chi connectivity index (χ4n) is 5.67. The second kappa shape index (κ2) is 9.35. The zero-order valence-corrected chi connectivity index (χ0v) is 20.4. The summed E-state index contributed by atoms with van der Waals surface area (Å²) in [6, 6.07) is 21.1. The summed E-state index contributed by atoms with van der Waals surface area (Å²) in [5.74, 6) is -0.0645. The Labute approximate surface area is 202 Å². The molecule has 1 amide bonds. The van der Waals surface area contributed by atoms with E-state index in [0.29, 0.717) is 24.5 Å². The van der Waals surface area contributed by atoms with Gasteiger partial charge in [0.15, 0.2) is 5.78 Å². The summed E-state index contributed by atoms with van der Waals surface area (Å²) in [6.07, 6.45) is 1.90. The lowest BCUT2D eigenvalue weighted by atomic mass is 9.91. The van der Waals surface area contributed by atoms with Gasteiger partial charge in [-0.25, -0.2) is 0 Å². The first kappa shape index (κ1) is 22.8. The number of Topliss-reactive ketones (excluding diaryl/α,β-unsaturated/α-hetero) is 1. The quantitative estimate of drug-likeness (QED) is 0.700.